The normalized spacial score (nSPS) is 10.2. The summed E-state index contributed by atoms with van der Waals surface area (Å²) in [4.78, 5) is 3.89. The molecule has 0 bridgehead atoms. The van der Waals surface area contributed by atoms with Crippen molar-refractivity contribution in [2.45, 2.75) is 6.54 Å². The summed E-state index contributed by atoms with van der Waals surface area (Å²) in [5.41, 5.74) is 1.26. The van der Waals surface area contributed by atoms with Gasteiger partial charge in [0.1, 0.15) is 0 Å². The minimum absolute atomic E-state index is 0.799. The summed E-state index contributed by atoms with van der Waals surface area (Å²) in [6, 6.07) is 8.51. The van der Waals surface area contributed by atoms with Gasteiger partial charge in [-0.15, -0.1) is 0 Å². The van der Waals surface area contributed by atoms with Gasteiger partial charge in [-0.05, 0) is 0 Å². The molecule has 0 saturated heterocycles. The average Bonchev–Trinajstić information content (AvgIpc) is 2.62. The SMILES string of the molecule is [AsH2]c1ccc(Cn2cncn2)cc1. The van der Waals surface area contributed by atoms with Crippen molar-refractivity contribution in [2.75, 3.05) is 0 Å². The molecule has 0 amide bonds. The monoisotopic (exact) mass is 235 g/mol. The van der Waals surface area contributed by atoms with E-state index in [4.69, 9.17) is 0 Å². The Morgan fingerprint density at radius 3 is 2.62 bits per heavy atom. The summed E-state index contributed by atoms with van der Waals surface area (Å²) in [6.45, 7) is 0.799. The fraction of sp³-hybridized carbons (Fsp3) is 0.111. The molecule has 0 N–H and O–H groups in total. The molecule has 0 radical (unpaired) electrons. The molecule has 4 heteroatoms. The van der Waals surface area contributed by atoms with Crippen LogP contribution in [0.25, 0.3) is 0 Å². The number of rotatable bonds is 2. The van der Waals surface area contributed by atoms with Gasteiger partial charge in [0.25, 0.3) is 0 Å². The van der Waals surface area contributed by atoms with Crippen molar-refractivity contribution >= 4 is 21.2 Å². The van der Waals surface area contributed by atoms with Crippen LogP contribution in [0, 0.1) is 0 Å². The predicted molar refractivity (Wildman–Crippen MR) is 53.7 cm³/mol. The molecule has 0 saturated carbocycles. The van der Waals surface area contributed by atoms with Crippen LogP contribution in [0.5, 0.6) is 0 Å². The van der Waals surface area contributed by atoms with Crippen molar-refractivity contribution < 1.29 is 0 Å². The van der Waals surface area contributed by atoms with Gasteiger partial charge in [-0.1, -0.05) is 0 Å². The van der Waals surface area contributed by atoms with E-state index >= 15 is 0 Å². The number of benzene rings is 1. The number of aromatic nitrogens is 3. The molecule has 66 valence electrons. The molecule has 0 spiro atoms. The van der Waals surface area contributed by atoms with Crippen molar-refractivity contribution in [1.82, 2.24) is 14.8 Å². The first-order chi connectivity index (χ1) is 6.34. The van der Waals surface area contributed by atoms with Gasteiger partial charge < -0.3 is 0 Å². The van der Waals surface area contributed by atoms with E-state index in [9.17, 15) is 0 Å². The molecule has 0 aliphatic rings. The molecule has 1 atom stereocenters. The molecule has 1 aromatic heterocycles. The van der Waals surface area contributed by atoms with E-state index in [0.717, 1.165) is 6.54 Å². The molecule has 3 nitrogen and oxygen atoms in total. The van der Waals surface area contributed by atoms with Crippen LogP contribution in [0.4, 0.5) is 0 Å². The van der Waals surface area contributed by atoms with Crippen LogP contribution in [0.3, 0.4) is 0 Å². The van der Waals surface area contributed by atoms with Gasteiger partial charge in [0.05, 0.1) is 0 Å². The molecular formula is C9H10AsN3. The van der Waals surface area contributed by atoms with Crippen molar-refractivity contribution in [3.05, 3.63) is 42.5 Å². The van der Waals surface area contributed by atoms with Crippen LogP contribution in [0.2, 0.25) is 0 Å². The summed E-state index contributed by atoms with van der Waals surface area (Å²) in [5, 5.41) is 4.04. The van der Waals surface area contributed by atoms with Gasteiger partial charge in [0, 0.05) is 0 Å². The van der Waals surface area contributed by atoms with Crippen LogP contribution < -0.4 is 4.35 Å². The summed E-state index contributed by atoms with van der Waals surface area (Å²) < 4.78 is 3.16. The number of nitrogens with zero attached hydrogens (tertiary/aromatic N) is 3. The Bertz CT molecular complexity index is 366. The zero-order valence-electron chi connectivity index (χ0n) is 7.09. The second kappa shape index (κ2) is 3.75. The molecule has 0 aliphatic heterocycles. The van der Waals surface area contributed by atoms with Gasteiger partial charge in [0.15, 0.2) is 0 Å². The quantitative estimate of drug-likeness (QED) is 0.662. The minimum atomic E-state index is 0.799. The fourth-order valence-electron chi connectivity index (χ4n) is 1.12. The van der Waals surface area contributed by atoms with E-state index in [0.29, 0.717) is 0 Å². The van der Waals surface area contributed by atoms with E-state index in [1.165, 1.54) is 9.91 Å². The van der Waals surface area contributed by atoms with Gasteiger partial charge in [-0.25, -0.2) is 0 Å². The zero-order chi connectivity index (χ0) is 9.10. The third kappa shape index (κ3) is 2.19. The molecule has 13 heavy (non-hydrogen) atoms. The topological polar surface area (TPSA) is 30.7 Å². The van der Waals surface area contributed by atoms with Crippen molar-refractivity contribution in [1.29, 1.82) is 0 Å². The molecule has 1 aromatic carbocycles. The molecule has 0 aliphatic carbocycles. The van der Waals surface area contributed by atoms with Crippen LogP contribution in [-0.4, -0.2) is 31.6 Å². The third-order valence-corrected chi connectivity index (χ3v) is 2.60. The van der Waals surface area contributed by atoms with Gasteiger partial charge in [0.2, 0.25) is 0 Å². The molecule has 2 aromatic rings. The van der Waals surface area contributed by atoms with E-state index in [1.54, 1.807) is 29.5 Å². The Labute approximate surface area is 85.3 Å². The number of hydrogen-bond donors (Lipinski definition) is 0. The summed E-state index contributed by atoms with van der Waals surface area (Å²) in [7, 11) is 0. The Morgan fingerprint density at radius 1 is 1.23 bits per heavy atom. The van der Waals surface area contributed by atoms with E-state index < -0.39 is 0 Å². The maximum absolute atomic E-state index is 4.04. The van der Waals surface area contributed by atoms with E-state index in [2.05, 4.69) is 34.3 Å². The first-order valence-electron chi connectivity index (χ1n) is 4.01. The second-order valence-electron chi connectivity index (χ2n) is 2.83. The Morgan fingerprint density at radius 2 is 2.00 bits per heavy atom. The number of hydrogen-bond acceptors (Lipinski definition) is 2. The zero-order valence-corrected chi connectivity index (χ0v) is 9.51. The van der Waals surface area contributed by atoms with Gasteiger partial charge in [-0.3, -0.25) is 0 Å². The molecule has 1 heterocycles. The van der Waals surface area contributed by atoms with E-state index in [1.807, 2.05) is 4.68 Å². The molecule has 0 fully saturated rings. The Balaban J connectivity index is 2.15. The van der Waals surface area contributed by atoms with E-state index in [-0.39, 0.29) is 0 Å². The van der Waals surface area contributed by atoms with Crippen LogP contribution in [-0.2, 0) is 6.54 Å². The van der Waals surface area contributed by atoms with Crippen molar-refractivity contribution in [3.63, 3.8) is 0 Å². The second-order valence-corrected chi connectivity index (χ2v) is 4.23. The molecule has 2 rings (SSSR count). The van der Waals surface area contributed by atoms with Crippen LogP contribution in [0.1, 0.15) is 5.56 Å². The van der Waals surface area contributed by atoms with Crippen LogP contribution in [0.15, 0.2) is 36.9 Å². The van der Waals surface area contributed by atoms with Gasteiger partial charge in [-0.2, -0.15) is 0 Å². The summed E-state index contributed by atoms with van der Waals surface area (Å²) in [6.07, 6.45) is 3.28. The van der Waals surface area contributed by atoms with Gasteiger partial charge >= 0.3 is 85.0 Å². The predicted octanol–water partition coefficient (Wildman–Crippen LogP) is -0.415. The summed E-state index contributed by atoms with van der Waals surface area (Å²) in [5.74, 6) is 0. The Kier molecular flexibility index (Phi) is 2.46. The summed E-state index contributed by atoms with van der Waals surface area (Å²) >= 11 is 1.65. The standard InChI is InChI=1S/C9H10AsN3/c10-9-3-1-8(2-4-9)5-13-7-11-6-12-13/h1-4,6-7H,5,10H2. The van der Waals surface area contributed by atoms with Crippen molar-refractivity contribution in [3.8, 4) is 0 Å². The third-order valence-electron chi connectivity index (χ3n) is 1.79. The maximum atomic E-state index is 4.04. The fourth-order valence-corrected chi connectivity index (χ4v) is 1.53. The first kappa shape index (κ1) is 8.51. The molecular weight excluding hydrogens is 225 g/mol. The average molecular weight is 235 g/mol. The molecule has 1 unspecified atom stereocenters. The Hall–Kier alpha value is -1.08. The van der Waals surface area contributed by atoms with Crippen LogP contribution >= 0.6 is 0 Å². The van der Waals surface area contributed by atoms with Crippen molar-refractivity contribution in [2.24, 2.45) is 0 Å². The first-order valence-corrected chi connectivity index (χ1v) is 5.22.